The Hall–Kier alpha value is -2.24. The maximum Gasteiger partial charge on any atom is 0.326 e. The molecule has 9 N–H and O–H groups in total. The van der Waals surface area contributed by atoms with E-state index in [9.17, 15) is 24.3 Å². The van der Waals surface area contributed by atoms with E-state index in [2.05, 4.69) is 10.6 Å². The lowest BCUT2D eigenvalue weighted by Gasteiger charge is -2.22. The second kappa shape index (κ2) is 11.3. The Morgan fingerprint density at radius 2 is 1.56 bits per heavy atom. The van der Waals surface area contributed by atoms with E-state index in [1.807, 2.05) is 0 Å². The van der Waals surface area contributed by atoms with E-state index >= 15 is 0 Å². The number of aliphatic hydroxyl groups excluding tert-OH is 1. The first-order valence-corrected chi connectivity index (χ1v) is 7.79. The van der Waals surface area contributed by atoms with Crippen molar-refractivity contribution in [1.82, 2.24) is 10.6 Å². The Balaban J connectivity index is 4.99. The van der Waals surface area contributed by atoms with E-state index in [-0.39, 0.29) is 6.42 Å². The molecule has 0 bridgehead atoms. The molecule has 0 aromatic carbocycles. The van der Waals surface area contributed by atoms with E-state index < -0.39 is 54.4 Å². The van der Waals surface area contributed by atoms with Crippen molar-refractivity contribution in [3.8, 4) is 0 Å². The summed E-state index contributed by atoms with van der Waals surface area (Å²) in [7, 11) is 0. The number of aliphatic carboxylic acids is 2. The van der Waals surface area contributed by atoms with Crippen molar-refractivity contribution in [2.45, 2.75) is 56.8 Å². The standard InChI is InChI=1S/C14H26N4O7/c1-7(19)11(16)13(23)18-9(6-10(20)21)12(22)17-8(14(24)25)4-2-3-5-15/h7-9,11,19H,2-6,15-16H2,1H3,(H,17,22)(H,18,23)(H,20,21)(H,24,25)/t7-,8+,9+,11+/m1/s1. The molecule has 0 rings (SSSR count). The molecular weight excluding hydrogens is 336 g/mol. The fraction of sp³-hybridized carbons (Fsp3) is 0.714. The minimum Gasteiger partial charge on any atom is -0.481 e. The normalized spacial score (nSPS) is 15.5. The first-order chi connectivity index (χ1) is 11.6. The zero-order chi connectivity index (χ0) is 19.6. The van der Waals surface area contributed by atoms with Gasteiger partial charge in [0.2, 0.25) is 11.8 Å². The van der Waals surface area contributed by atoms with Gasteiger partial charge >= 0.3 is 11.9 Å². The molecule has 25 heavy (non-hydrogen) atoms. The number of rotatable bonds is 12. The van der Waals surface area contributed by atoms with Gasteiger partial charge in [-0.1, -0.05) is 0 Å². The van der Waals surface area contributed by atoms with Crippen LogP contribution in [0.3, 0.4) is 0 Å². The molecular formula is C14H26N4O7. The minimum absolute atomic E-state index is 0.110. The smallest absolute Gasteiger partial charge is 0.326 e. The molecule has 2 amide bonds. The van der Waals surface area contributed by atoms with Gasteiger partial charge in [0.1, 0.15) is 18.1 Å². The van der Waals surface area contributed by atoms with Crippen LogP contribution < -0.4 is 22.1 Å². The van der Waals surface area contributed by atoms with Crippen molar-refractivity contribution in [2.24, 2.45) is 11.5 Å². The largest absolute Gasteiger partial charge is 0.481 e. The highest BCUT2D eigenvalue weighted by atomic mass is 16.4. The average molecular weight is 362 g/mol. The van der Waals surface area contributed by atoms with E-state index in [1.54, 1.807) is 0 Å². The molecule has 4 atom stereocenters. The van der Waals surface area contributed by atoms with Gasteiger partial charge in [-0.2, -0.15) is 0 Å². The second-order valence-electron chi connectivity index (χ2n) is 5.61. The highest BCUT2D eigenvalue weighted by molar-refractivity contribution is 5.94. The van der Waals surface area contributed by atoms with Crippen LogP contribution in [0.4, 0.5) is 0 Å². The predicted octanol–water partition coefficient (Wildman–Crippen LogP) is -2.65. The van der Waals surface area contributed by atoms with Crippen LogP contribution in [0.5, 0.6) is 0 Å². The predicted molar refractivity (Wildman–Crippen MR) is 86.3 cm³/mol. The monoisotopic (exact) mass is 362 g/mol. The van der Waals surface area contributed by atoms with Crippen LogP contribution >= 0.6 is 0 Å². The Morgan fingerprint density at radius 3 is 2.00 bits per heavy atom. The first-order valence-electron chi connectivity index (χ1n) is 7.79. The molecule has 0 aliphatic heterocycles. The van der Waals surface area contributed by atoms with Crippen LogP contribution in [0, 0.1) is 0 Å². The lowest BCUT2D eigenvalue weighted by Crippen LogP contribution is -2.56. The summed E-state index contributed by atoms with van der Waals surface area (Å²) in [5.41, 5.74) is 10.7. The van der Waals surface area contributed by atoms with Crippen molar-refractivity contribution >= 4 is 23.8 Å². The summed E-state index contributed by atoms with van der Waals surface area (Å²) in [6, 6.07) is -4.12. The fourth-order valence-electron chi connectivity index (χ4n) is 1.89. The first kappa shape index (κ1) is 22.8. The third-order valence-electron chi connectivity index (χ3n) is 3.40. The van der Waals surface area contributed by atoms with Crippen LogP contribution in [0.2, 0.25) is 0 Å². The van der Waals surface area contributed by atoms with Crippen molar-refractivity contribution < 1.29 is 34.5 Å². The highest BCUT2D eigenvalue weighted by Crippen LogP contribution is 2.03. The van der Waals surface area contributed by atoms with Crippen LogP contribution in [-0.4, -0.2) is 69.8 Å². The molecule has 11 nitrogen and oxygen atoms in total. The van der Waals surface area contributed by atoms with E-state index in [0.717, 1.165) is 0 Å². The summed E-state index contributed by atoms with van der Waals surface area (Å²) >= 11 is 0. The molecule has 0 unspecified atom stereocenters. The number of nitrogens with two attached hydrogens (primary N) is 2. The summed E-state index contributed by atoms with van der Waals surface area (Å²) in [5.74, 6) is -4.55. The van der Waals surface area contributed by atoms with Gasteiger partial charge in [-0.05, 0) is 32.7 Å². The number of hydrogen-bond acceptors (Lipinski definition) is 7. The maximum absolute atomic E-state index is 12.2. The summed E-state index contributed by atoms with van der Waals surface area (Å²) in [6.07, 6.45) is -0.843. The number of carbonyl (C=O) groups is 4. The molecule has 0 saturated heterocycles. The quantitative estimate of drug-likeness (QED) is 0.181. The van der Waals surface area contributed by atoms with Gasteiger partial charge in [0.05, 0.1) is 12.5 Å². The molecule has 11 heteroatoms. The lowest BCUT2D eigenvalue weighted by atomic mass is 10.1. The molecule has 0 aromatic heterocycles. The van der Waals surface area contributed by atoms with Crippen LogP contribution in [0.15, 0.2) is 0 Å². The van der Waals surface area contributed by atoms with E-state index in [0.29, 0.717) is 19.4 Å². The minimum atomic E-state index is -1.52. The molecule has 0 fully saturated rings. The number of nitrogens with one attached hydrogen (secondary N) is 2. The SMILES string of the molecule is C[C@@H](O)[C@H](N)C(=O)N[C@@H](CC(=O)O)C(=O)N[C@@H](CCCCN)C(=O)O. The Bertz CT molecular complexity index is 484. The highest BCUT2D eigenvalue weighted by Gasteiger charge is 2.30. The molecule has 0 aliphatic carbocycles. The number of carbonyl (C=O) groups excluding carboxylic acids is 2. The molecule has 0 heterocycles. The summed E-state index contributed by atoms with van der Waals surface area (Å²) in [5, 5.41) is 31.6. The zero-order valence-electron chi connectivity index (χ0n) is 14.0. The third kappa shape index (κ3) is 8.98. The van der Waals surface area contributed by atoms with Crippen molar-refractivity contribution in [3.63, 3.8) is 0 Å². The fourth-order valence-corrected chi connectivity index (χ4v) is 1.89. The zero-order valence-corrected chi connectivity index (χ0v) is 14.0. The third-order valence-corrected chi connectivity index (χ3v) is 3.40. The Kier molecular flexibility index (Phi) is 10.3. The number of carboxylic acid groups (broad SMARTS) is 2. The van der Waals surface area contributed by atoms with Crippen LogP contribution in [0.25, 0.3) is 0 Å². The maximum atomic E-state index is 12.2. The summed E-state index contributed by atoms with van der Waals surface area (Å²) in [6.45, 7) is 1.63. The molecule has 144 valence electrons. The van der Waals surface area contributed by atoms with Crippen LogP contribution in [0.1, 0.15) is 32.6 Å². The molecule has 0 spiro atoms. The van der Waals surface area contributed by atoms with Crippen molar-refractivity contribution in [1.29, 1.82) is 0 Å². The van der Waals surface area contributed by atoms with Gasteiger partial charge in [-0.15, -0.1) is 0 Å². The molecule has 0 radical (unpaired) electrons. The Morgan fingerprint density at radius 1 is 1.00 bits per heavy atom. The number of carboxylic acids is 2. The van der Waals surface area contributed by atoms with E-state index in [4.69, 9.17) is 21.7 Å². The van der Waals surface area contributed by atoms with Gasteiger partial charge < -0.3 is 37.4 Å². The summed E-state index contributed by atoms with van der Waals surface area (Å²) < 4.78 is 0. The number of unbranched alkanes of at least 4 members (excludes halogenated alkanes) is 1. The number of hydrogen-bond donors (Lipinski definition) is 7. The van der Waals surface area contributed by atoms with Gasteiger partial charge in [-0.25, -0.2) is 4.79 Å². The molecule has 0 aliphatic rings. The van der Waals surface area contributed by atoms with Gasteiger partial charge in [-0.3, -0.25) is 14.4 Å². The molecule has 0 saturated carbocycles. The topological polar surface area (TPSA) is 205 Å². The second-order valence-corrected chi connectivity index (χ2v) is 5.61. The van der Waals surface area contributed by atoms with Gasteiger partial charge in [0.15, 0.2) is 0 Å². The van der Waals surface area contributed by atoms with Crippen LogP contribution in [-0.2, 0) is 19.2 Å². The van der Waals surface area contributed by atoms with Crippen molar-refractivity contribution in [3.05, 3.63) is 0 Å². The Labute approximate surface area is 144 Å². The van der Waals surface area contributed by atoms with Gasteiger partial charge in [0, 0.05) is 0 Å². The average Bonchev–Trinajstić information content (AvgIpc) is 2.51. The van der Waals surface area contributed by atoms with E-state index in [1.165, 1.54) is 6.92 Å². The number of aliphatic hydroxyl groups is 1. The number of amides is 2. The lowest BCUT2D eigenvalue weighted by molar-refractivity contribution is -0.143. The molecule has 0 aromatic rings. The van der Waals surface area contributed by atoms with Crippen molar-refractivity contribution in [2.75, 3.05) is 6.54 Å². The summed E-state index contributed by atoms with van der Waals surface area (Å²) in [4.78, 5) is 46.1. The van der Waals surface area contributed by atoms with Gasteiger partial charge in [0.25, 0.3) is 0 Å².